The molecule has 1 unspecified atom stereocenters. The minimum atomic E-state index is -0.621. The highest BCUT2D eigenvalue weighted by Gasteiger charge is 2.15. The molecule has 0 aliphatic rings. The van der Waals surface area contributed by atoms with Gasteiger partial charge in [-0.3, -0.25) is 0 Å². The fourth-order valence-corrected chi connectivity index (χ4v) is 2.45. The number of nitrogens with zero attached hydrogens (tertiary/aromatic N) is 1. The number of nitrogens with one attached hydrogen (secondary N) is 1. The average Bonchev–Trinajstić information content (AvgIpc) is 3.06. The van der Waals surface area contributed by atoms with Gasteiger partial charge in [-0.1, -0.05) is 0 Å². The first-order valence-corrected chi connectivity index (χ1v) is 7.17. The molecule has 0 saturated carbocycles. The van der Waals surface area contributed by atoms with Crippen LogP contribution in [0.25, 0.3) is 0 Å². The Hall–Kier alpha value is -2.12. The number of aromatic nitrogens is 1. The lowest BCUT2D eigenvalue weighted by Gasteiger charge is -2.12. The molecular formula is C14H16N2O4S. The molecule has 1 atom stereocenters. The fourth-order valence-electron chi connectivity index (χ4n) is 1.74. The van der Waals surface area contributed by atoms with E-state index in [2.05, 4.69) is 15.0 Å². The third-order valence-electron chi connectivity index (χ3n) is 2.86. The summed E-state index contributed by atoms with van der Waals surface area (Å²) in [6, 6.07) is 5.07. The van der Waals surface area contributed by atoms with Gasteiger partial charge in [-0.2, -0.15) is 16.3 Å². The second-order valence-electron chi connectivity index (χ2n) is 4.20. The average molecular weight is 308 g/mol. The summed E-state index contributed by atoms with van der Waals surface area (Å²) in [7, 11) is 2.73. The number of aliphatic hydroxyl groups excluding tert-OH is 1. The Labute approximate surface area is 126 Å². The van der Waals surface area contributed by atoms with Gasteiger partial charge >= 0.3 is 5.97 Å². The highest BCUT2D eigenvalue weighted by atomic mass is 32.1. The van der Waals surface area contributed by atoms with Crippen molar-refractivity contribution in [1.82, 2.24) is 4.98 Å². The van der Waals surface area contributed by atoms with Crippen LogP contribution >= 0.6 is 11.3 Å². The SMILES string of the molecule is COC(=O)c1ccc(NCC(O)c2ccsc2)nc1OC. The molecule has 2 rings (SSSR count). The van der Waals surface area contributed by atoms with Crippen molar-refractivity contribution in [2.45, 2.75) is 6.10 Å². The van der Waals surface area contributed by atoms with E-state index in [9.17, 15) is 9.90 Å². The molecule has 6 nitrogen and oxygen atoms in total. The normalized spacial score (nSPS) is 11.8. The Bertz CT molecular complexity index is 601. The van der Waals surface area contributed by atoms with Crippen LogP contribution in [-0.2, 0) is 4.74 Å². The minimum absolute atomic E-state index is 0.178. The summed E-state index contributed by atoms with van der Waals surface area (Å²) in [5.41, 5.74) is 1.11. The number of hydrogen-bond donors (Lipinski definition) is 2. The van der Waals surface area contributed by atoms with Crippen molar-refractivity contribution in [2.75, 3.05) is 26.1 Å². The first-order valence-electron chi connectivity index (χ1n) is 6.23. The third kappa shape index (κ3) is 3.71. The van der Waals surface area contributed by atoms with Crippen molar-refractivity contribution in [3.05, 3.63) is 40.1 Å². The molecule has 0 saturated heterocycles. The summed E-state index contributed by atoms with van der Waals surface area (Å²) in [5, 5.41) is 16.8. The molecule has 0 radical (unpaired) electrons. The number of esters is 1. The first-order chi connectivity index (χ1) is 10.2. The molecule has 0 aliphatic heterocycles. The van der Waals surface area contributed by atoms with Crippen molar-refractivity contribution in [2.24, 2.45) is 0 Å². The number of carbonyl (C=O) groups excluding carboxylic acids is 1. The number of thiophene rings is 1. The first kappa shape index (κ1) is 15.3. The Morgan fingerprint density at radius 1 is 1.43 bits per heavy atom. The van der Waals surface area contributed by atoms with E-state index in [1.54, 1.807) is 12.1 Å². The number of pyridine rings is 1. The molecule has 0 spiro atoms. The van der Waals surface area contributed by atoms with Gasteiger partial charge in [0.2, 0.25) is 5.88 Å². The summed E-state index contributed by atoms with van der Waals surface area (Å²) in [6.07, 6.45) is -0.621. The molecule has 0 amide bonds. The van der Waals surface area contributed by atoms with Crippen LogP contribution in [0.2, 0.25) is 0 Å². The van der Waals surface area contributed by atoms with Crippen LogP contribution in [0.15, 0.2) is 29.0 Å². The van der Waals surface area contributed by atoms with Gasteiger partial charge in [-0.15, -0.1) is 0 Å². The highest BCUT2D eigenvalue weighted by molar-refractivity contribution is 7.07. The number of carbonyl (C=O) groups is 1. The van der Waals surface area contributed by atoms with Crippen molar-refractivity contribution in [1.29, 1.82) is 0 Å². The van der Waals surface area contributed by atoms with E-state index >= 15 is 0 Å². The molecule has 0 fully saturated rings. The number of anilines is 1. The molecule has 2 N–H and O–H groups in total. The Balaban J connectivity index is 2.05. The molecular weight excluding hydrogens is 292 g/mol. The van der Waals surface area contributed by atoms with E-state index in [0.717, 1.165) is 5.56 Å². The maximum atomic E-state index is 11.5. The van der Waals surface area contributed by atoms with Gasteiger partial charge in [0.1, 0.15) is 11.4 Å². The minimum Gasteiger partial charge on any atom is -0.480 e. The van der Waals surface area contributed by atoms with Crippen molar-refractivity contribution in [3.63, 3.8) is 0 Å². The van der Waals surface area contributed by atoms with E-state index in [4.69, 9.17) is 4.74 Å². The van der Waals surface area contributed by atoms with Gasteiger partial charge in [0, 0.05) is 6.54 Å². The van der Waals surface area contributed by atoms with Gasteiger partial charge in [0.15, 0.2) is 0 Å². The molecule has 112 valence electrons. The predicted molar refractivity (Wildman–Crippen MR) is 79.9 cm³/mol. The monoisotopic (exact) mass is 308 g/mol. The standard InChI is InChI=1S/C14H16N2O4S/c1-19-13-10(14(18)20-2)3-4-12(16-13)15-7-11(17)9-5-6-21-8-9/h3-6,8,11,17H,7H2,1-2H3,(H,15,16). The van der Waals surface area contributed by atoms with Crippen LogP contribution in [-0.4, -0.2) is 36.8 Å². The van der Waals surface area contributed by atoms with Crippen molar-refractivity contribution in [3.8, 4) is 5.88 Å². The fraction of sp³-hybridized carbons (Fsp3) is 0.286. The van der Waals surface area contributed by atoms with Crippen LogP contribution in [0.1, 0.15) is 22.0 Å². The lowest BCUT2D eigenvalue weighted by molar-refractivity contribution is 0.0596. The lowest BCUT2D eigenvalue weighted by atomic mass is 10.2. The topological polar surface area (TPSA) is 80.7 Å². The zero-order valence-electron chi connectivity index (χ0n) is 11.7. The molecule has 2 heterocycles. The van der Waals surface area contributed by atoms with Gasteiger partial charge in [-0.25, -0.2) is 4.79 Å². The largest absolute Gasteiger partial charge is 0.480 e. The van der Waals surface area contributed by atoms with E-state index in [1.165, 1.54) is 25.6 Å². The van der Waals surface area contributed by atoms with Crippen molar-refractivity contribution < 1.29 is 19.4 Å². The predicted octanol–water partition coefficient (Wildman–Crippen LogP) is 2.08. The zero-order valence-corrected chi connectivity index (χ0v) is 12.5. The number of hydrogen-bond acceptors (Lipinski definition) is 7. The number of rotatable bonds is 6. The highest BCUT2D eigenvalue weighted by Crippen LogP contribution is 2.21. The van der Waals surface area contributed by atoms with Crippen LogP contribution in [0.3, 0.4) is 0 Å². The van der Waals surface area contributed by atoms with Crippen LogP contribution in [0.5, 0.6) is 5.88 Å². The van der Waals surface area contributed by atoms with E-state index in [0.29, 0.717) is 12.4 Å². The summed E-state index contributed by atoms with van der Waals surface area (Å²) in [6.45, 7) is 0.310. The van der Waals surface area contributed by atoms with Gasteiger partial charge in [0.25, 0.3) is 0 Å². The van der Waals surface area contributed by atoms with E-state index in [1.807, 2.05) is 16.8 Å². The maximum absolute atomic E-state index is 11.5. The molecule has 0 aromatic carbocycles. The molecule has 21 heavy (non-hydrogen) atoms. The number of ether oxygens (including phenoxy) is 2. The van der Waals surface area contributed by atoms with E-state index < -0.39 is 12.1 Å². The third-order valence-corrected chi connectivity index (χ3v) is 3.56. The van der Waals surface area contributed by atoms with Gasteiger partial charge < -0.3 is 19.9 Å². The molecule has 7 heteroatoms. The van der Waals surface area contributed by atoms with Crippen LogP contribution < -0.4 is 10.1 Å². The summed E-state index contributed by atoms with van der Waals surface area (Å²) in [5.74, 6) is 0.176. The molecule has 2 aromatic rings. The zero-order chi connectivity index (χ0) is 15.2. The summed E-state index contributed by atoms with van der Waals surface area (Å²) in [4.78, 5) is 15.7. The number of aliphatic hydroxyl groups is 1. The number of methoxy groups -OCH3 is 2. The van der Waals surface area contributed by atoms with Gasteiger partial charge in [-0.05, 0) is 34.5 Å². The van der Waals surface area contributed by atoms with E-state index in [-0.39, 0.29) is 11.4 Å². The molecule has 0 bridgehead atoms. The quantitative estimate of drug-likeness (QED) is 0.795. The molecule has 0 aliphatic carbocycles. The molecule has 2 aromatic heterocycles. The Morgan fingerprint density at radius 3 is 2.86 bits per heavy atom. The van der Waals surface area contributed by atoms with Crippen LogP contribution in [0, 0.1) is 0 Å². The smallest absolute Gasteiger partial charge is 0.343 e. The van der Waals surface area contributed by atoms with Crippen LogP contribution in [0.4, 0.5) is 5.82 Å². The Morgan fingerprint density at radius 2 is 2.24 bits per heavy atom. The summed E-state index contributed by atoms with van der Waals surface area (Å²) >= 11 is 1.53. The second kappa shape index (κ2) is 7.05. The Kier molecular flexibility index (Phi) is 5.13. The maximum Gasteiger partial charge on any atom is 0.343 e. The van der Waals surface area contributed by atoms with Crippen molar-refractivity contribution >= 4 is 23.1 Å². The second-order valence-corrected chi connectivity index (χ2v) is 4.98. The lowest BCUT2D eigenvalue weighted by Crippen LogP contribution is -2.13. The summed E-state index contributed by atoms with van der Waals surface area (Å²) < 4.78 is 9.72. The van der Waals surface area contributed by atoms with Gasteiger partial charge in [0.05, 0.1) is 20.3 Å².